The van der Waals surface area contributed by atoms with Crippen LogP contribution in [-0.4, -0.2) is 35.6 Å². The lowest BCUT2D eigenvalue weighted by atomic mass is 10.0. The van der Waals surface area contributed by atoms with E-state index in [0.717, 1.165) is 28.5 Å². The summed E-state index contributed by atoms with van der Waals surface area (Å²) in [5.74, 6) is -0.962. The van der Waals surface area contributed by atoms with Crippen molar-refractivity contribution in [3.05, 3.63) is 77.6 Å². The van der Waals surface area contributed by atoms with E-state index in [-0.39, 0.29) is 22.9 Å². The predicted molar refractivity (Wildman–Crippen MR) is 136 cm³/mol. The van der Waals surface area contributed by atoms with Crippen LogP contribution in [0.3, 0.4) is 0 Å². The summed E-state index contributed by atoms with van der Waals surface area (Å²) in [5, 5.41) is 4.43. The van der Waals surface area contributed by atoms with Gasteiger partial charge in [0, 0.05) is 34.5 Å². The molecule has 0 unspecified atom stereocenters. The molecule has 0 atom stereocenters. The van der Waals surface area contributed by atoms with Crippen molar-refractivity contribution in [2.45, 2.75) is 33.7 Å². The van der Waals surface area contributed by atoms with E-state index < -0.39 is 11.7 Å². The smallest absolute Gasteiger partial charge is 0.248 e. The Balaban J connectivity index is 1.70. The molecule has 0 aliphatic carbocycles. The normalized spacial score (nSPS) is 11.4. The number of aromatic nitrogens is 6. The van der Waals surface area contributed by atoms with Crippen molar-refractivity contribution in [1.29, 1.82) is 0 Å². The third-order valence-electron chi connectivity index (χ3n) is 6.04. The Morgan fingerprint density at radius 1 is 0.944 bits per heavy atom. The van der Waals surface area contributed by atoms with Crippen molar-refractivity contribution in [1.82, 2.24) is 29.7 Å². The van der Waals surface area contributed by atoms with Crippen molar-refractivity contribution < 1.29 is 9.18 Å². The second-order valence-electron chi connectivity index (χ2n) is 8.90. The Labute approximate surface area is 207 Å². The van der Waals surface area contributed by atoms with Gasteiger partial charge in [0.15, 0.2) is 11.5 Å². The fourth-order valence-corrected chi connectivity index (χ4v) is 3.90. The molecule has 0 aliphatic heterocycles. The first-order valence-corrected chi connectivity index (χ1v) is 11.5. The first kappa shape index (κ1) is 23.2. The van der Waals surface area contributed by atoms with Gasteiger partial charge in [0.1, 0.15) is 17.0 Å². The van der Waals surface area contributed by atoms with Crippen LogP contribution in [0.4, 0.5) is 4.39 Å². The van der Waals surface area contributed by atoms with Gasteiger partial charge in [0.05, 0.1) is 17.6 Å². The number of aryl methyl sites for hydroxylation is 2. The van der Waals surface area contributed by atoms with Crippen molar-refractivity contribution in [2.75, 3.05) is 0 Å². The monoisotopic (exact) mass is 481 g/mol. The van der Waals surface area contributed by atoms with Crippen molar-refractivity contribution in [2.24, 2.45) is 5.73 Å². The van der Waals surface area contributed by atoms with Crippen molar-refractivity contribution >= 4 is 17.1 Å². The number of carbonyl (C=O) groups excluding carboxylic acids is 1. The summed E-state index contributed by atoms with van der Waals surface area (Å²) in [5.41, 5.74) is 10.7. The maximum atomic E-state index is 15.2. The molecule has 3 aromatic heterocycles. The summed E-state index contributed by atoms with van der Waals surface area (Å²) in [4.78, 5) is 30.1. The first-order valence-electron chi connectivity index (χ1n) is 11.5. The molecule has 2 aromatic carbocycles. The van der Waals surface area contributed by atoms with Crippen LogP contribution < -0.4 is 5.73 Å². The molecule has 0 radical (unpaired) electrons. The van der Waals surface area contributed by atoms with E-state index in [4.69, 9.17) is 10.7 Å². The molecule has 0 aliphatic rings. The van der Waals surface area contributed by atoms with Gasteiger partial charge < -0.3 is 5.73 Å². The third kappa shape index (κ3) is 4.19. The van der Waals surface area contributed by atoms with Crippen LogP contribution >= 0.6 is 0 Å². The summed E-state index contributed by atoms with van der Waals surface area (Å²) >= 11 is 0. The van der Waals surface area contributed by atoms with Crippen molar-refractivity contribution in [3.8, 4) is 33.8 Å². The number of amides is 1. The highest BCUT2D eigenvalue weighted by Gasteiger charge is 2.19. The van der Waals surface area contributed by atoms with Crippen LogP contribution in [-0.2, 0) is 0 Å². The summed E-state index contributed by atoms with van der Waals surface area (Å²) in [6, 6.07) is 12.1. The van der Waals surface area contributed by atoms with Crippen LogP contribution in [0.15, 0.2) is 54.9 Å². The molecule has 1 amide bonds. The number of benzene rings is 2. The second kappa shape index (κ2) is 8.92. The van der Waals surface area contributed by atoms with E-state index in [1.54, 1.807) is 0 Å². The number of carbonyl (C=O) groups is 1. The fourth-order valence-electron chi connectivity index (χ4n) is 3.90. The number of nitrogens with two attached hydrogens (primary N) is 1. The number of primary amides is 1. The lowest BCUT2D eigenvalue weighted by molar-refractivity contribution is 0.1000. The van der Waals surface area contributed by atoms with Gasteiger partial charge in [-0.05, 0) is 57.5 Å². The number of hydrogen-bond acceptors (Lipinski definition) is 6. The molecule has 2 N–H and O–H groups in total. The number of rotatable bonds is 5. The zero-order chi connectivity index (χ0) is 25.6. The molecule has 5 aromatic rings. The van der Waals surface area contributed by atoms with E-state index in [0.29, 0.717) is 22.7 Å². The minimum Gasteiger partial charge on any atom is -0.366 e. The lowest BCUT2D eigenvalue weighted by Gasteiger charge is -2.11. The Bertz CT molecular complexity index is 1640. The zero-order valence-corrected chi connectivity index (χ0v) is 20.3. The standard InChI is InChI=1S/C27H24FN7O/c1-14(2)35-13-20(12-30-35)17-6-5-7-19(10-17)26-33-23(21-9-8-18(25(29)36)11-22(21)28)24-27(34-26)32-16(4)15(3)31-24/h5-14H,1-4H3,(H2,29,36). The molecule has 9 heteroatoms. The number of fused-ring (bicyclic) bond motifs is 1. The van der Waals surface area contributed by atoms with E-state index in [9.17, 15) is 4.79 Å². The zero-order valence-electron chi connectivity index (χ0n) is 20.3. The molecule has 0 bridgehead atoms. The molecule has 36 heavy (non-hydrogen) atoms. The SMILES string of the molecule is Cc1nc2nc(-c3cccc(-c4cnn(C(C)C)c4)c3)nc(-c3ccc(C(N)=O)cc3F)c2nc1C. The van der Waals surface area contributed by atoms with Crippen LogP contribution in [0.25, 0.3) is 44.9 Å². The Morgan fingerprint density at radius 2 is 1.69 bits per heavy atom. The molecule has 0 saturated heterocycles. The number of hydrogen-bond donors (Lipinski definition) is 1. The van der Waals surface area contributed by atoms with Gasteiger partial charge in [0.2, 0.25) is 5.91 Å². The van der Waals surface area contributed by atoms with Crippen LogP contribution in [0.5, 0.6) is 0 Å². The van der Waals surface area contributed by atoms with Gasteiger partial charge >= 0.3 is 0 Å². The van der Waals surface area contributed by atoms with Gasteiger partial charge in [0.25, 0.3) is 0 Å². The van der Waals surface area contributed by atoms with Gasteiger partial charge in [-0.1, -0.05) is 18.2 Å². The maximum Gasteiger partial charge on any atom is 0.248 e. The quantitative estimate of drug-likeness (QED) is 0.376. The average Bonchev–Trinajstić information content (AvgIpc) is 3.35. The van der Waals surface area contributed by atoms with Crippen LogP contribution in [0, 0.1) is 19.7 Å². The summed E-state index contributed by atoms with van der Waals surface area (Å²) < 4.78 is 17.1. The molecule has 180 valence electrons. The number of halogens is 1. The third-order valence-corrected chi connectivity index (χ3v) is 6.04. The lowest BCUT2D eigenvalue weighted by Crippen LogP contribution is -2.11. The first-order chi connectivity index (χ1) is 17.2. The highest BCUT2D eigenvalue weighted by Crippen LogP contribution is 2.31. The molecule has 0 fully saturated rings. The second-order valence-corrected chi connectivity index (χ2v) is 8.90. The Hall–Kier alpha value is -4.53. The largest absolute Gasteiger partial charge is 0.366 e. The molecule has 0 spiro atoms. The van der Waals surface area contributed by atoms with E-state index in [2.05, 4.69) is 33.9 Å². The maximum absolute atomic E-state index is 15.2. The summed E-state index contributed by atoms with van der Waals surface area (Å²) in [7, 11) is 0. The topological polar surface area (TPSA) is 112 Å². The molecular formula is C27H24FN7O. The highest BCUT2D eigenvalue weighted by atomic mass is 19.1. The van der Waals surface area contributed by atoms with Crippen molar-refractivity contribution in [3.63, 3.8) is 0 Å². The molecule has 5 rings (SSSR count). The Kier molecular flexibility index (Phi) is 5.75. The van der Waals surface area contributed by atoms with Gasteiger partial charge in [-0.15, -0.1) is 0 Å². The van der Waals surface area contributed by atoms with Crippen LogP contribution in [0.2, 0.25) is 0 Å². The van der Waals surface area contributed by atoms with E-state index in [1.807, 2.05) is 55.2 Å². The van der Waals surface area contributed by atoms with Gasteiger partial charge in [-0.3, -0.25) is 9.48 Å². The minimum absolute atomic E-state index is 0.0718. The van der Waals surface area contributed by atoms with Gasteiger partial charge in [-0.2, -0.15) is 5.10 Å². The molecular weight excluding hydrogens is 457 g/mol. The molecule has 3 heterocycles. The minimum atomic E-state index is -0.711. The predicted octanol–water partition coefficient (Wildman–Crippen LogP) is 5.05. The van der Waals surface area contributed by atoms with Crippen LogP contribution in [0.1, 0.15) is 41.6 Å². The Morgan fingerprint density at radius 3 is 2.39 bits per heavy atom. The molecule has 8 nitrogen and oxygen atoms in total. The van der Waals surface area contributed by atoms with E-state index >= 15 is 4.39 Å². The summed E-state index contributed by atoms with van der Waals surface area (Å²) in [6.45, 7) is 7.81. The average molecular weight is 482 g/mol. The number of nitrogens with zero attached hydrogens (tertiary/aromatic N) is 6. The molecule has 0 saturated carbocycles. The fraction of sp³-hybridized carbons (Fsp3) is 0.185. The summed E-state index contributed by atoms with van der Waals surface area (Å²) in [6.07, 6.45) is 3.81. The van der Waals surface area contributed by atoms with E-state index in [1.165, 1.54) is 12.1 Å². The van der Waals surface area contributed by atoms with Gasteiger partial charge in [-0.25, -0.2) is 24.3 Å². The highest BCUT2D eigenvalue weighted by molar-refractivity contribution is 5.94.